The number of rotatable bonds is 4. The summed E-state index contributed by atoms with van der Waals surface area (Å²) in [5.74, 6) is 0.481. The lowest BCUT2D eigenvalue weighted by atomic mass is 10.2. The van der Waals surface area contributed by atoms with E-state index in [-0.39, 0.29) is 11.5 Å². The average molecular weight is 262 g/mol. The van der Waals surface area contributed by atoms with Crippen LogP contribution in [-0.2, 0) is 13.6 Å². The molecule has 0 aliphatic heterocycles. The molecule has 2 heterocycles. The molecule has 0 atom stereocenters. The number of hydrogen-bond donors (Lipinski definition) is 2. The summed E-state index contributed by atoms with van der Waals surface area (Å²) in [5, 5.41) is 17.9. The van der Waals surface area contributed by atoms with Crippen LogP contribution in [0.2, 0.25) is 0 Å². The average Bonchev–Trinajstić information content (AvgIpc) is 2.64. The second-order valence-electron chi connectivity index (χ2n) is 4.16. The Kier molecular flexibility index (Phi) is 3.32. The van der Waals surface area contributed by atoms with E-state index in [9.17, 15) is 10.1 Å². The highest BCUT2D eigenvalue weighted by atomic mass is 16.6. The van der Waals surface area contributed by atoms with Crippen molar-refractivity contribution in [1.82, 2.24) is 14.8 Å². The maximum atomic E-state index is 10.7. The van der Waals surface area contributed by atoms with E-state index in [0.717, 1.165) is 11.3 Å². The van der Waals surface area contributed by atoms with E-state index in [1.165, 1.54) is 12.1 Å². The van der Waals surface area contributed by atoms with Gasteiger partial charge in [-0.15, -0.1) is 0 Å². The van der Waals surface area contributed by atoms with Gasteiger partial charge in [-0.2, -0.15) is 5.10 Å². The number of nitrogens with one attached hydrogen (secondary N) is 1. The number of anilines is 2. The fourth-order valence-electron chi connectivity index (χ4n) is 1.74. The van der Waals surface area contributed by atoms with E-state index in [4.69, 9.17) is 5.73 Å². The summed E-state index contributed by atoms with van der Waals surface area (Å²) in [6.45, 7) is 2.37. The predicted molar refractivity (Wildman–Crippen MR) is 70.6 cm³/mol. The molecule has 8 nitrogen and oxygen atoms in total. The van der Waals surface area contributed by atoms with E-state index < -0.39 is 4.92 Å². The lowest BCUT2D eigenvalue weighted by Gasteiger charge is -2.05. The SMILES string of the molecule is Cc1nn(C)cc1CNc1cc([N+](=O)[O-])cc(N)n1. The van der Waals surface area contributed by atoms with E-state index in [1.807, 2.05) is 20.2 Å². The Labute approximate surface area is 109 Å². The van der Waals surface area contributed by atoms with Crippen LogP contribution in [0.3, 0.4) is 0 Å². The van der Waals surface area contributed by atoms with E-state index in [2.05, 4.69) is 15.4 Å². The van der Waals surface area contributed by atoms with Gasteiger partial charge in [0, 0.05) is 25.4 Å². The van der Waals surface area contributed by atoms with Gasteiger partial charge in [-0.25, -0.2) is 4.98 Å². The Morgan fingerprint density at radius 1 is 1.53 bits per heavy atom. The van der Waals surface area contributed by atoms with Crippen molar-refractivity contribution in [2.24, 2.45) is 7.05 Å². The molecule has 2 aromatic rings. The lowest BCUT2D eigenvalue weighted by molar-refractivity contribution is -0.384. The quantitative estimate of drug-likeness (QED) is 0.633. The molecule has 0 aliphatic rings. The summed E-state index contributed by atoms with van der Waals surface area (Å²) >= 11 is 0. The molecule has 0 aromatic carbocycles. The molecule has 3 N–H and O–H groups in total. The summed E-state index contributed by atoms with van der Waals surface area (Å²) in [7, 11) is 1.83. The number of nitro groups is 1. The summed E-state index contributed by atoms with van der Waals surface area (Å²) < 4.78 is 1.71. The molecule has 0 aliphatic carbocycles. The van der Waals surface area contributed by atoms with Crippen molar-refractivity contribution >= 4 is 17.3 Å². The Hall–Kier alpha value is -2.64. The summed E-state index contributed by atoms with van der Waals surface area (Å²) in [4.78, 5) is 14.2. The molecule has 8 heteroatoms. The number of nitrogen functional groups attached to an aromatic ring is 1. The molecular formula is C11H14N6O2. The Balaban J connectivity index is 2.15. The second-order valence-corrected chi connectivity index (χ2v) is 4.16. The molecule has 0 fully saturated rings. The topological polar surface area (TPSA) is 112 Å². The highest BCUT2D eigenvalue weighted by Gasteiger charge is 2.10. The summed E-state index contributed by atoms with van der Waals surface area (Å²) in [6, 6.07) is 2.57. The largest absolute Gasteiger partial charge is 0.383 e. The third-order valence-corrected chi connectivity index (χ3v) is 2.62. The molecule has 2 aromatic heterocycles. The van der Waals surface area contributed by atoms with Gasteiger partial charge in [0.1, 0.15) is 11.6 Å². The molecule has 0 amide bonds. The van der Waals surface area contributed by atoms with Gasteiger partial charge in [0.2, 0.25) is 0 Å². The number of hydrogen-bond acceptors (Lipinski definition) is 6. The molecule has 0 radical (unpaired) electrons. The molecule has 2 rings (SSSR count). The Morgan fingerprint density at radius 2 is 2.26 bits per heavy atom. The van der Waals surface area contributed by atoms with Gasteiger partial charge >= 0.3 is 0 Å². The Bertz CT molecular complexity index is 622. The van der Waals surface area contributed by atoms with Crippen LogP contribution in [0.1, 0.15) is 11.3 Å². The fourth-order valence-corrected chi connectivity index (χ4v) is 1.74. The van der Waals surface area contributed by atoms with Gasteiger partial charge in [-0.05, 0) is 6.92 Å². The van der Waals surface area contributed by atoms with Gasteiger partial charge < -0.3 is 11.1 Å². The number of nitrogens with two attached hydrogens (primary N) is 1. The van der Waals surface area contributed by atoms with Gasteiger partial charge in [0.05, 0.1) is 22.7 Å². The van der Waals surface area contributed by atoms with Crippen LogP contribution in [-0.4, -0.2) is 19.7 Å². The molecular weight excluding hydrogens is 248 g/mol. The zero-order chi connectivity index (χ0) is 14.0. The van der Waals surface area contributed by atoms with Crippen molar-refractivity contribution < 1.29 is 4.92 Å². The van der Waals surface area contributed by atoms with Crippen molar-refractivity contribution in [3.63, 3.8) is 0 Å². The molecule has 0 spiro atoms. The van der Waals surface area contributed by atoms with Crippen molar-refractivity contribution in [3.8, 4) is 0 Å². The zero-order valence-corrected chi connectivity index (χ0v) is 10.6. The Morgan fingerprint density at radius 3 is 2.84 bits per heavy atom. The predicted octanol–water partition coefficient (Wildman–Crippen LogP) is 1.23. The van der Waals surface area contributed by atoms with Crippen molar-refractivity contribution in [1.29, 1.82) is 0 Å². The highest BCUT2D eigenvalue weighted by Crippen LogP contribution is 2.19. The van der Waals surface area contributed by atoms with E-state index in [1.54, 1.807) is 4.68 Å². The maximum Gasteiger partial charge on any atom is 0.276 e. The smallest absolute Gasteiger partial charge is 0.276 e. The lowest BCUT2D eigenvalue weighted by Crippen LogP contribution is -2.04. The highest BCUT2D eigenvalue weighted by molar-refractivity contribution is 5.52. The van der Waals surface area contributed by atoms with Crippen LogP contribution in [0, 0.1) is 17.0 Å². The van der Waals surface area contributed by atoms with Gasteiger partial charge in [0.15, 0.2) is 0 Å². The van der Waals surface area contributed by atoms with Crippen molar-refractivity contribution in [2.75, 3.05) is 11.1 Å². The first kappa shape index (κ1) is 12.8. The summed E-state index contributed by atoms with van der Waals surface area (Å²) in [6.07, 6.45) is 1.88. The van der Waals surface area contributed by atoms with E-state index >= 15 is 0 Å². The van der Waals surface area contributed by atoms with Gasteiger partial charge in [-0.3, -0.25) is 14.8 Å². The van der Waals surface area contributed by atoms with Crippen LogP contribution in [0.15, 0.2) is 18.3 Å². The minimum Gasteiger partial charge on any atom is -0.383 e. The first-order valence-electron chi connectivity index (χ1n) is 5.60. The third-order valence-electron chi connectivity index (χ3n) is 2.62. The third kappa shape index (κ3) is 2.97. The number of aromatic nitrogens is 3. The van der Waals surface area contributed by atoms with Gasteiger partial charge in [0.25, 0.3) is 5.69 Å². The first-order chi connectivity index (χ1) is 8.95. The van der Waals surface area contributed by atoms with Crippen LogP contribution in [0.4, 0.5) is 17.3 Å². The van der Waals surface area contributed by atoms with Crippen LogP contribution in [0.25, 0.3) is 0 Å². The number of aryl methyl sites for hydroxylation is 2. The summed E-state index contributed by atoms with van der Waals surface area (Å²) in [5.41, 5.74) is 7.33. The molecule has 100 valence electrons. The van der Waals surface area contributed by atoms with Crippen molar-refractivity contribution in [3.05, 3.63) is 39.7 Å². The molecule has 0 saturated heterocycles. The van der Waals surface area contributed by atoms with Gasteiger partial charge in [-0.1, -0.05) is 0 Å². The normalized spacial score (nSPS) is 10.4. The molecule has 0 bridgehead atoms. The monoisotopic (exact) mass is 262 g/mol. The molecule has 0 saturated carbocycles. The second kappa shape index (κ2) is 4.92. The van der Waals surface area contributed by atoms with Crippen LogP contribution >= 0.6 is 0 Å². The minimum atomic E-state index is -0.501. The van der Waals surface area contributed by atoms with Crippen LogP contribution < -0.4 is 11.1 Å². The number of pyridine rings is 1. The zero-order valence-electron chi connectivity index (χ0n) is 10.6. The minimum absolute atomic E-state index is 0.0853. The standard InChI is InChI=1S/C11H14N6O2/c1-7-8(6-16(2)15-7)5-13-11-4-9(17(18)19)3-10(12)14-11/h3-4,6H,5H2,1-2H3,(H3,12,13,14). The number of nitrogens with zero attached hydrogens (tertiary/aromatic N) is 4. The molecule has 0 unspecified atom stereocenters. The fraction of sp³-hybridized carbons (Fsp3) is 0.273. The molecule has 19 heavy (non-hydrogen) atoms. The van der Waals surface area contributed by atoms with Crippen LogP contribution in [0.5, 0.6) is 0 Å². The maximum absolute atomic E-state index is 10.7. The van der Waals surface area contributed by atoms with E-state index in [0.29, 0.717) is 12.4 Å². The first-order valence-corrected chi connectivity index (χ1v) is 5.60. The van der Waals surface area contributed by atoms with Crippen molar-refractivity contribution in [2.45, 2.75) is 13.5 Å².